The first kappa shape index (κ1) is 16.7. The van der Waals surface area contributed by atoms with Gasteiger partial charge in [-0.25, -0.2) is 0 Å². The second-order valence-electron chi connectivity index (χ2n) is 6.75. The van der Waals surface area contributed by atoms with Crippen LogP contribution in [0, 0.1) is 5.92 Å². The molecule has 4 nitrogen and oxygen atoms in total. The average Bonchev–Trinajstić information content (AvgIpc) is 3.26. The van der Waals surface area contributed by atoms with Crippen molar-refractivity contribution >= 4 is 23.0 Å². The summed E-state index contributed by atoms with van der Waals surface area (Å²) in [6.45, 7) is 3.63. The molecule has 126 valence electrons. The van der Waals surface area contributed by atoms with Gasteiger partial charge in [0, 0.05) is 32.6 Å². The molecule has 1 aromatic heterocycles. The number of carbonyl (C=O) groups excluding carboxylic acids is 2. The zero-order valence-corrected chi connectivity index (χ0v) is 14.5. The minimum Gasteiger partial charge on any atom is -0.340 e. The van der Waals surface area contributed by atoms with E-state index in [1.54, 1.807) is 0 Å². The number of Topliss-reactive ketones (excluding diaryl/α,β-unsaturated/α-hetero) is 1. The number of hydrogen-bond donors (Lipinski definition) is 0. The average molecular weight is 334 g/mol. The Morgan fingerprint density at radius 2 is 1.87 bits per heavy atom. The largest absolute Gasteiger partial charge is 0.340 e. The second-order valence-corrected chi connectivity index (χ2v) is 7.69. The molecule has 0 bridgehead atoms. The fourth-order valence-corrected chi connectivity index (χ4v) is 4.32. The van der Waals surface area contributed by atoms with Crippen molar-refractivity contribution in [2.75, 3.05) is 32.7 Å². The number of thiophene rings is 1. The van der Waals surface area contributed by atoms with E-state index in [0.29, 0.717) is 18.9 Å². The summed E-state index contributed by atoms with van der Waals surface area (Å²) in [5, 5.41) is 1.94. The van der Waals surface area contributed by atoms with Crippen molar-refractivity contribution in [3.63, 3.8) is 0 Å². The van der Waals surface area contributed by atoms with E-state index >= 15 is 0 Å². The van der Waals surface area contributed by atoms with Crippen LogP contribution < -0.4 is 0 Å². The van der Waals surface area contributed by atoms with Gasteiger partial charge in [-0.05, 0) is 23.8 Å². The Morgan fingerprint density at radius 3 is 2.52 bits per heavy atom. The number of ketones is 1. The highest BCUT2D eigenvalue weighted by molar-refractivity contribution is 7.12. The van der Waals surface area contributed by atoms with Gasteiger partial charge < -0.3 is 4.90 Å². The SMILES string of the molecule is O=C(CN1CCN(C(=O)CCC2CCCC2)CC1)c1cccs1. The minimum absolute atomic E-state index is 0.195. The van der Waals surface area contributed by atoms with E-state index in [2.05, 4.69) is 4.90 Å². The van der Waals surface area contributed by atoms with Crippen molar-refractivity contribution in [3.05, 3.63) is 22.4 Å². The lowest BCUT2D eigenvalue weighted by Gasteiger charge is -2.34. The molecule has 0 aromatic carbocycles. The second kappa shape index (κ2) is 8.06. The molecule has 1 aliphatic carbocycles. The number of hydrogen-bond acceptors (Lipinski definition) is 4. The number of rotatable bonds is 6. The van der Waals surface area contributed by atoms with Crippen molar-refractivity contribution in [3.8, 4) is 0 Å². The third kappa shape index (κ3) is 4.64. The molecule has 2 fully saturated rings. The highest BCUT2D eigenvalue weighted by Crippen LogP contribution is 2.28. The predicted octanol–water partition coefficient (Wildman–Crippen LogP) is 3.05. The Bertz CT molecular complexity index is 515. The van der Waals surface area contributed by atoms with Crippen LogP contribution in [-0.4, -0.2) is 54.2 Å². The quantitative estimate of drug-likeness (QED) is 0.751. The van der Waals surface area contributed by atoms with Gasteiger partial charge in [0.25, 0.3) is 0 Å². The zero-order valence-electron chi connectivity index (χ0n) is 13.7. The lowest BCUT2D eigenvalue weighted by atomic mass is 10.0. The summed E-state index contributed by atoms with van der Waals surface area (Å²) in [7, 11) is 0. The van der Waals surface area contributed by atoms with E-state index in [0.717, 1.165) is 43.4 Å². The summed E-state index contributed by atoms with van der Waals surface area (Å²) in [6.07, 6.45) is 7.08. The Hall–Kier alpha value is -1.20. The molecule has 0 N–H and O–H groups in total. The van der Waals surface area contributed by atoms with Crippen LogP contribution in [0.5, 0.6) is 0 Å². The maximum atomic E-state index is 12.3. The van der Waals surface area contributed by atoms with Crippen LogP contribution in [0.15, 0.2) is 17.5 Å². The third-order valence-electron chi connectivity index (χ3n) is 5.13. The topological polar surface area (TPSA) is 40.6 Å². The lowest BCUT2D eigenvalue weighted by Crippen LogP contribution is -2.49. The fourth-order valence-electron chi connectivity index (χ4n) is 3.66. The van der Waals surface area contributed by atoms with Crippen molar-refractivity contribution < 1.29 is 9.59 Å². The van der Waals surface area contributed by atoms with Gasteiger partial charge >= 0.3 is 0 Å². The summed E-state index contributed by atoms with van der Waals surface area (Å²) < 4.78 is 0. The Kier molecular flexibility index (Phi) is 5.84. The maximum Gasteiger partial charge on any atom is 0.222 e. The summed E-state index contributed by atoms with van der Waals surface area (Å²) in [6, 6.07) is 3.80. The van der Waals surface area contributed by atoms with Gasteiger partial charge in [0.05, 0.1) is 11.4 Å². The first-order valence-corrected chi connectivity index (χ1v) is 9.67. The molecule has 2 heterocycles. The van der Waals surface area contributed by atoms with Gasteiger partial charge in [-0.1, -0.05) is 31.7 Å². The molecule has 0 atom stereocenters. The Labute approximate surface area is 142 Å². The fraction of sp³-hybridized carbons (Fsp3) is 0.667. The molecule has 1 saturated carbocycles. The maximum absolute atomic E-state index is 12.3. The van der Waals surface area contributed by atoms with Crippen LogP contribution in [0.1, 0.15) is 48.2 Å². The molecule has 1 aliphatic heterocycles. The molecular weight excluding hydrogens is 308 g/mol. The van der Waals surface area contributed by atoms with Crippen molar-refractivity contribution in [2.45, 2.75) is 38.5 Å². The molecule has 0 unspecified atom stereocenters. The van der Waals surface area contributed by atoms with E-state index in [1.807, 2.05) is 22.4 Å². The molecule has 0 radical (unpaired) electrons. The van der Waals surface area contributed by atoms with Crippen LogP contribution in [0.4, 0.5) is 0 Å². The molecule has 23 heavy (non-hydrogen) atoms. The van der Waals surface area contributed by atoms with Gasteiger partial charge in [-0.15, -0.1) is 11.3 Å². The highest BCUT2D eigenvalue weighted by Gasteiger charge is 2.24. The molecule has 3 rings (SSSR count). The van der Waals surface area contributed by atoms with Crippen LogP contribution in [0.3, 0.4) is 0 Å². The van der Waals surface area contributed by atoms with Crippen molar-refractivity contribution in [2.24, 2.45) is 5.92 Å². The molecule has 1 saturated heterocycles. The summed E-state index contributed by atoms with van der Waals surface area (Å²) in [5.74, 6) is 1.28. The van der Waals surface area contributed by atoms with Gasteiger partial charge in [0.2, 0.25) is 5.91 Å². The highest BCUT2D eigenvalue weighted by atomic mass is 32.1. The summed E-state index contributed by atoms with van der Waals surface area (Å²) >= 11 is 1.50. The Balaban J connectivity index is 1.37. The van der Waals surface area contributed by atoms with Gasteiger partial charge in [0.1, 0.15) is 0 Å². The van der Waals surface area contributed by atoms with E-state index in [-0.39, 0.29) is 5.78 Å². The molecule has 2 aliphatic rings. The molecule has 5 heteroatoms. The van der Waals surface area contributed by atoms with Crippen LogP contribution >= 0.6 is 11.3 Å². The van der Waals surface area contributed by atoms with Crippen LogP contribution in [0.2, 0.25) is 0 Å². The first-order chi connectivity index (χ1) is 11.2. The summed E-state index contributed by atoms with van der Waals surface area (Å²) in [4.78, 5) is 29.4. The first-order valence-electron chi connectivity index (χ1n) is 8.79. The molecule has 0 spiro atoms. The predicted molar refractivity (Wildman–Crippen MR) is 92.9 cm³/mol. The van der Waals surface area contributed by atoms with E-state index in [9.17, 15) is 9.59 Å². The monoisotopic (exact) mass is 334 g/mol. The van der Waals surface area contributed by atoms with Gasteiger partial charge in [-0.3, -0.25) is 14.5 Å². The normalized spacial score (nSPS) is 20.1. The van der Waals surface area contributed by atoms with Gasteiger partial charge in [-0.2, -0.15) is 0 Å². The van der Waals surface area contributed by atoms with Crippen molar-refractivity contribution in [1.29, 1.82) is 0 Å². The lowest BCUT2D eigenvalue weighted by molar-refractivity contribution is -0.133. The Morgan fingerprint density at radius 1 is 1.13 bits per heavy atom. The van der Waals surface area contributed by atoms with Crippen molar-refractivity contribution in [1.82, 2.24) is 9.80 Å². The van der Waals surface area contributed by atoms with Crippen LogP contribution in [-0.2, 0) is 4.79 Å². The smallest absolute Gasteiger partial charge is 0.222 e. The number of carbonyl (C=O) groups is 2. The van der Waals surface area contributed by atoms with Crippen LogP contribution in [0.25, 0.3) is 0 Å². The number of nitrogens with zero attached hydrogens (tertiary/aromatic N) is 2. The molecular formula is C18H26N2O2S. The minimum atomic E-state index is 0.195. The zero-order chi connectivity index (χ0) is 16.1. The molecule has 1 amide bonds. The summed E-state index contributed by atoms with van der Waals surface area (Å²) in [5.41, 5.74) is 0. The number of piperazine rings is 1. The van der Waals surface area contributed by atoms with E-state index < -0.39 is 0 Å². The number of amides is 1. The van der Waals surface area contributed by atoms with Gasteiger partial charge in [0.15, 0.2) is 5.78 Å². The van der Waals surface area contributed by atoms with E-state index in [4.69, 9.17) is 0 Å². The molecule has 1 aromatic rings. The standard InChI is InChI=1S/C18H26N2O2S/c21-16(17-6-3-13-23-17)14-19-9-11-20(12-10-19)18(22)8-7-15-4-1-2-5-15/h3,6,13,15H,1-2,4-5,7-12,14H2. The van der Waals surface area contributed by atoms with E-state index in [1.165, 1.54) is 37.0 Å². The third-order valence-corrected chi connectivity index (χ3v) is 6.04.